The van der Waals surface area contributed by atoms with Gasteiger partial charge in [-0.25, -0.2) is 17.9 Å². The first-order valence-corrected chi connectivity index (χ1v) is 11.8. The number of carbonyl (C=O) groups excluding carboxylic acids is 1. The smallest absolute Gasteiger partial charge is 0.319 e. The van der Waals surface area contributed by atoms with Crippen molar-refractivity contribution < 1.29 is 17.7 Å². The van der Waals surface area contributed by atoms with Gasteiger partial charge in [0.1, 0.15) is 0 Å². The van der Waals surface area contributed by atoms with E-state index in [4.69, 9.17) is 4.52 Å². The molecule has 2 amide bonds. The molecule has 1 aromatic carbocycles. The van der Waals surface area contributed by atoms with Gasteiger partial charge in [0.15, 0.2) is 0 Å². The van der Waals surface area contributed by atoms with Crippen LogP contribution in [-0.4, -0.2) is 68.5 Å². The average molecular weight is 473 g/mol. The zero-order valence-electron chi connectivity index (χ0n) is 17.6. The molecule has 0 aliphatic carbocycles. The van der Waals surface area contributed by atoms with Crippen LogP contribution in [0.15, 0.2) is 28.8 Å². The van der Waals surface area contributed by atoms with Crippen LogP contribution in [0.25, 0.3) is 11.4 Å². The molecule has 1 aromatic heterocycles. The molecule has 0 unspecified atom stereocenters. The molecule has 1 aliphatic heterocycles. The second-order valence-electron chi connectivity index (χ2n) is 7.47. The van der Waals surface area contributed by atoms with Crippen LogP contribution in [0.3, 0.4) is 0 Å². The zero-order chi connectivity index (χ0) is 21.6. The predicted octanol–water partition coefficient (Wildman–Crippen LogP) is 1.85. The third-order valence-corrected chi connectivity index (χ3v) is 5.72. The van der Waals surface area contributed by atoms with Gasteiger partial charge in [-0.05, 0) is 44.0 Å². The summed E-state index contributed by atoms with van der Waals surface area (Å²) in [7, 11) is -3.14. The summed E-state index contributed by atoms with van der Waals surface area (Å²) in [5, 5.41) is 9.71. The van der Waals surface area contributed by atoms with Crippen LogP contribution in [0, 0.1) is 12.8 Å². The van der Waals surface area contributed by atoms with Crippen molar-refractivity contribution in [2.45, 2.75) is 19.8 Å². The number of para-hydroxylation sites is 1. The van der Waals surface area contributed by atoms with Crippen LogP contribution in [-0.2, 0) is 10.0 Å². The second kappa shape index (κ2) is 11.4. The highest BCUT2D eigenvalue weighted by atomic mass is 35.5. The fourth-order valence-electron chi connectivity index (χ4n) is 3.40. The van der Waals surface area contributed by atoms with E-state index >= 15 is 0 Å². The highest BCUT2D eigenvalue weighted by Gasteiger charge is 2.20. The van der Waals surface area contributed by atoms with Crippen LogP contribution < -0.4 is 15.4 Å². The van der Waals surface area contributed by atoms with Crippen molar-refractivity contribution in [3.63, 3.8) is 0 Å². The van der Waals surface area contributed by atoms with E-state index in [9.17, 15) is 13.2 Å². The van der Waals surface area contributed by atoms with Gasteiger partial charge < -0.3 is 20.1 Å². The minimum absolute atomic E-state index is 0. The lowest BCUT2D eigenvalue weighted by molar-refractivity contribution is 0.185. The van der Waals surface area contributed by atoms with Crippen molar-refractivity contribution in [3.05, 3.63) is 30.2 Å². The van der Waals surface area contributed by atoms with E-state index in [1.165, 1.54) is 0 Å². The Hall–Kier alpha value is -2.21. The van der Waals surface area contributed by atoms with Crippen molar-refractivity contribution in [2.24, 2.45) is 5.92 Å². The summed E-state index contributed by atoms with van der Waals surface area (Å²) < 4.78 is 29.8. The number of nitrogens with one attached hydrogen (secondary N) is 3. The molecular formula is C19H29ClN6O4S. The fraction of sp³-hybridized carbons (Fsp3) is 0.526. The minimum atomic E-state index is -3.14. The average Bonchev–Trinajstić information content (AvgIpc) is 3.13. The Balaban J connectivity index is 0.00000341. The fourth-order valence-corrected chi connectivity index (χ4v) is 3.86. The largest absolute Gasteiger partial charge is 0.339 e. The number of hydrogen-bond acceptors (Lipinski definition) is 7. The first-order chi connectivity index (χ1) is 14.3. The number of aromatic nitrogens is 2. The Bertz CT molecular complexity index is 960. The number of hydrogen-bond donors (Lipinski definition) is 3. The van der Waals surface area contributed by atoms with Gasteiger partial charge in [-0.1, -0.05) is 17.3 Å². The molecule has 1 aliphatic rings. The SMILES string of the molecule is Cc1nc(-c2ccccc2NC(=O)NCC2CCN(CCNS(C)(=O)=O)CC2)no1.Cl. The summed E-state index contributed by atoms with van der Waals surface area (Å²) >= 11 is 0. The number of urea groups is 1. The topological polar surface area (TPSA) is 129 Å². The third-order valence-electron chi connectivity index (χ3n) is 4.99. The molecule has 3 rings (SSSR count). The number of carbonyl (C=O) groups is 1. The molecular weight excluding hydrogens is 444 g/mol. The molecule has 0 atom stereocenters. The van der Waals surface area contributed by atoms with E-state index in [0.29, 0.717) is 48.5 Å². The maximum absolute atomic E-state index is 12.4. The van der Waals surface area contributed by atoms with E-state index in [0.717, 1.165) is 32.2 Å². The van der Waals surface area contributed by atoms with Crippen molar-refractivity contribution in [2.75, 3.05) is 44.3 Å². The summed E-state index contributed by atoms with van der Waals surface area (Å²) in [5.74, 6) is 1.29. The number of nitrogens with zero attached hydrogens (tertiary/aromatic N) is 3. The maximum atomic E-state index is 12.4. The first-order valence-electron chi connectivity index (χ1n) is 9.92. The number of halogens is 1. The highest BCUT2D eigenvalue weighted by Crippen LogP contribution is 2.25. The molecule has 1 fully saturated rings. The number of rotatable bonds is 8. The van der Waals surface area contributed by atoms with Crippen LogP contribution >= 0.6 is 12.4 Å². The summed E-state index contributed by atoms with van der Waals surface area (Å²) in [6, 6.07) is 7.03. The van der Waals surface area contributed by atoms with Crippen molar-refractivity contribution in [3.8, 4) is 11.4 Å². The number of sulfonamides is 1. The Morgan fingerprint density at radius 1 is 1.26 bits per heavy atom. The first kappa shape index (κ1) is 25.1. The van der Waals surface area contributed by atoms with E-state index < -0.39 is 10.0 Å². The maximum Gasteiger partial charge on any atom is 0.319 e. The normalized spacial score (nSPS) is 15.3. The van der Waals surface area contributed by atoms with Crippen LogP contribution in [0.1, 0.15) is 18.7 Å². The molecule has 0 bridgehead atoms. The van der Waals surface area contributed by atoms with Gasteiger partial charge in [0.05, 0.1) is 11.9 Å². The molecule has 3 N–H and O–H groups in total. The minimum Gasteiger partial charge on any atom is -0.339 e. The molecule has 0 radical (unpaired) electrons. The molecule has 172 valence electrons. The van der Waals surface area contributed by atoms with Gasteiger partial charge in [0, 0.05) is 32.1 Å². The monoisotopic (exact) mass is 472 g/mol. The summed E-state index contributed by atoms with van der Waals surface area (Å²) in [4.78, 5) is 18.8. The molecule has 2 heterocycles. The van der Waals surface area contributed by atoms with E-state index in [1.807, 2.05) is 18.2 Å². The number of aryl methyl sites for hydroxylation is 1. The molecule has 10 nitrogen and oxygen atoms in total. The molecule has 1 saturated heterocycles. The van der Waals surface area contributed by atoms with Gasteiger partial charge in [0.25, 0.3) is 0 Å². The lowest BCUT2D eigenvalue weighted by Gasteiger charge is -2.31. The number of anilines is 1. The lowest BCUT2D eigenvalue weighted by Crippen LogP contribution is -2.42. The molecule has 31 heavy (non-hydrogen) atoms. The lowest BCUT2D eigenvalue weighted by atomic mass is 9.97. The molecule has 0 spiro atoms. The van der Waals surface area contributed by atoms with Crippen molar-refractivity contribution in [1.29, 1.82) is 0 Å². The van der Waals surface area contributed by atoms with Gasteiger partial charge in [0.2, 0.25) is 21.7 Å². The number of piperidine rings is 1. The predicted molar refractivity (Wildman–Crippen MR) is 121 cm³/mol. The van der Waals surface area contributed by atoms with Crippen LogP contribution in [0.2, 0.25) is 0 Å². The molecule has 12 heteroatoms. The van der Waals surface area contributed by atoms with Crippen molar-refractivity contribution >= 4 is 34.1 Å². The summed E-state index contributed by atoms with van der Waals surface area (Å²) in [6.45, 7) is 5.19. The Labute approximate surface area is 188 Å². The van der Waals surface area contributed by atoms with Crippen molar-refractivity contribution in [1.82, 2.24) is 25.1 Å². The quantitative estimate of drug-likeness (QED) is 0.534. The zero-order valence-corrected chi connectivity index (χ0v) is 19.3. The number of amides is 2. The summed E-state index contributed by atoms with van der Waals surface area (Å²) in [6.07, 6.45) is 3.08. The Morgan fingerprint density at radius 2 is 1.97 bits per heavy atom. The second-order valence-corrected chi connectivity index (χ2v) is 9.30. The highest BCUT2D eigenvalue weighted by molar-refractivity contribution is 7.88. The standard InChI is InChI=1S/C19H28N6O4S.ClH/c1-14-22-18(24-29-14)16-5-3-4-6-17(16)23-19(26)20-13-15-7-10-25(11-8-15)12-9-21-30(2,27)28;/h3-6,15,21H,7-13H2,1-2H3,(H2,20,23,26);1H. The van der Waals surface area contributed by atoms with Crippen LogP contribution in [0.4, 0.5) is 10.5 Å². The van der Waals surface area contributed by atoms with E-state index in [2.05, 4.69) is 30.4 Å². The number of benzene rings is 1. The molecule has 2 aromatic rings. The van der Waals surface area contributed by atoms with E-state index in [-0.39, 0.29) is 18.4 Å². The van der Waals surface area contributed by atoms with Gasteiger partial charge in [-0.2, -0.15) is 4.98 Å². The van der Waals surface area contributed by atoms with Gasteiger partial charge in [-0.15, -0.1) is 12.4 Å². The van der Waals surface area contributed by atoms with Gasteiger partial charge >= 0.3 is 6.03 Å². The van der Waals surface area contributed by atoms with E-state index in [1.54, 1.807) is 13.0 Å². The summed E-state index contributed by atoms with van der Waals surface area (Å²) in [5.41, 5.74) is 1.31. The Kier molecular flexibility index (Phi) is 9.23. The third kappa shape index (κ3) is 8.09. The Morgan fingerprint density at radius 3 is 2.61 bits per heavy atom. The van der Waals surface area contributed by atoms with Gasteiger partial charge in [-0.3, -0.25) is 0 Å². The molecule has 0 saturated carbocycles. The number of likely N-dealkylation sites (tertiary alicyclic amines) is 1. The van der Waals surface area contributed by atoms with Crippen LogP contribution in [0.5, 0.6) is 0 Å².